The maximum Gasteiger partial charge on any atom is 0.414 e. The van der Waals surface area contributed by atoms with Crippen molar-refractivity contribution in [3.63, 3.8) is 0 Å². The molecule has 0 aromatic rings. The molecule has 0 aromatic carbocycles. The van der Waals surface area contributed by atoms with E-state index in [0.29, 0.717) is 5.54 Å². The summed E-state index contributed by atoms with van der Waals surface area (Å²) in [5.41, 5.74) is 0.582. The zero-order valence-corrected chi connectivity index (χ0v) is 10.4. The van der Waals surface area contributed by atoms with Crippen molar-refractivity contribution < 1.29 is 19.8 Å². The molecular formula is C12H21NO4. The second-order valence-electron chi connectivity index (χ2n) is 5.28. The number of carboxylic acids is 2. The lowest BCUT2D eigenvalue weighted by atomic mass is 9.94. The van der Waals surface area contributed by atoms with Gasteiger partial charge in [0.25, 0.3) is 0 Å². The standard InChI is InChI=1S/C10H19N.C2H2O4/c1-8-6-10(7-9(8)2)4-3-5-11-10;3-1(4)2(5)6/h8-9,11H,3-7H2,1-2H3;(H,3,4)(H,5,6)/t8-,9-;/m1./s1. The van der Waals surface area contributed by atoms with E-state index in [4.69, 9.17) is 19.8 Å². The first-order valence-corrected chi connectivity index (χ1v) is 6.07. The summed E-state index contributed by atoms with van der Waals surface area (Å²) in [7, 11) is 0. The molecule has 1 saturated carbocycles. The van der Waals surface area contributed by atoms with Gasteiger partial charge in [0.1, 0.15) is 0 Å². The van der Waals surface area contributed by atoms with Gasteiger partial charge in [-0.1, -0.05) is 13.8 Å². The summed E-state index contributed by atoms with van der Waals surface area (Å²) >= 11 is 0. The fourth-order valence-electron chi connectivity index (χ4n) is 2.94. The van der Waals surface area contributed by atoms with Crippen molar-refractivity contribution in [2.75, 3.05) is 6.54 Å². The normalized spacial score (nSPS) is 29.8. The summed E-state index contributed by atoms with van der Waals surface area (Å²) in [4.78, 5) is 18.2. The molecule has 0 aromatic heterocycles. The van der Waals surface area contributed by atoms with Crippen LogP contribution >= 0.6 is 0 Å². The number of nitrogens with one attached hydrogen (secondary N) is 1. The van der Waals surface area contributed by atoms with E-state index in [2.05, 4.69) is 19.2 Å². The minimum Gasteiger partial charge on any atom is -0.473 e. The molecule has 5 heteroatoms. The van der Waals surface area contributed by atoms with E-state index in [1.807, 2.05) is 0 Å². The molecule has 1 heterocycles. The molecule has 1 aliphatic heterocycles. The summed E-state index contributed by atoms with van der Waals surface area (Å²) in [5, 5.41) is 18.5. The second kappa shape index (κ2) is 5.49. The van der Waals surface area contributed by atoms with Crippen LogP contribution in [0.4, 0.5) is 0 Å². The first kappa shape index (κ1) is 14.0. The molecule has 2 atom stereocenters. The SMILES string of the molecule is C[C@@H]1CC2(CCCN2)C[C@H]1C.O=C(O)C(=O)O. The van der Waals surface area contributed by atoms with Crippen LogP contribution in [-0.2, 0) is 9.59 Å². The van der Waals surface area contributed by atoms with Gasteiger partial charge < -0.3 is 15.5 Å². The predicted molar refractivity (Wildman–Crippen MR) is 62.8 cm³/mol. The lowest BCUT2D eigenvalue weighted by molar-refractivity contribution is -0.159. The molecule has 2 rings (SSSR count). The number of carbonyl (C=O) groups is 2. The minimum absolute atomic E-state index is 0.582. The summed E-state index contributed by atoms with van der Waals surface area (Å²) < 4.78 is 0. The Hall–Kier alpha value is -1.10. The third kappa shape index (κ3) is 3.70. The summed E-state index contributed by atoms with van der Waals surface area (Å²) in [5.74, 6) is -1.76. The van der Waals surface area contributed by atoms with Gasteiger partial charge in [0.2, 0.25) is 0 Å². The molecule has 0 amide bonds. The van der Waals surface area contributed by atoms with Gasteiger partial charge in [0.15, 0.2) is 0 Å². The molecule has 0 radical (unpaired) electrons. The first-order chi connectivity index (χ1) is 7.86. The third-order valence-electron chi connectivity index (χ3n) is 3.91. The Morgan fingerprint density at radius 1 is 1.12 bits per heavy atom. The molecule has 17 heavy (non-hydrogen) atoms. The molecule has 2 aliphatic rings. The zero-order valence-electron chi connectivity index (χ0n) is 10.4. The first-order valence-electron chi connectivity index (χ1n) is 6.07. The molecule has 1 saturated heterocycles. The Balaban J connectivity index is 0.000000209. The predicted octanol–water partition coefficient (Wildman–Crippen LogP) is 1.33. The van der Waals surface area contributed by atoms with Crippen molar-refractivity contribution in [3.05, 3.63) is 0 Å². The van der Waals surface area contributed by atoms with Crippen LogP contribution in [0.15, 0.2) is 0 Å². The maximum absolute atomic E-state index is 9.10. The molecular weight excluding hydrogens is 222 g/mol. The van der Waals surface area contributed by atoms with Crippen LogP contribution in [0.25, 0.3) is 0 Å². The highest BCUT2D eigenvalue weighted by Crippen LogP contribution is 2.43. The fraction of sp³-hybridized carbons (Fsp3) is 0.833. The monoisotopic (exact) mass is 243 g/mol. The van der Waals surface area contributed by atoms with Gasteiger partial charge in [-0.3, -0.25) is 0 Å². The summed E-state index contributed by atoms with van der Waals surface area (Å²) in [6, 6.07) is 0. The molecule has 0 bridgehead atoms. The largest absolute Gasteiger partial charge is 0.473 e. The average Bonchev–Trinajstić information content (AvgIpc) is 2.77. The van der Waals surface area contributed by atoms with E-state index in [-0.39, 0.29) is 0 Å². The number of hydrogen-bond donors (Lipinski definition) is 3. The molecule has 5 nitrogen and oxygen atoms in total. The van der Waals surface area contributed by atoms with Crippen molar-refractivity contribution >= 4 is 11.9 Å². The van der Waals surface area contributed by atoms with Crippen LogP contribution in [0.1, 0.15) is 39.5 Å². The highest BCUT2D eigenvalue weighted by atomic mass is 16.4. The number of hydrogen-bond acceptors (Lipinski definition) is 3. The summed E-state index contributed by atoms with van der Waals surface area (Å²) in [6.45, 7) is 6.07. The Morgan fingerprint density at radius 3 is 1.88 bits per heavy atom. The van der Waals surface area contributed by atoms with Crippen LogP contribution in [0, 0.1) is 11.8 Å². The second-order valence-corrected chi connectivity index (χ2v) is 5.28. The van der Waals surface area contributed by atoms with Crippen molar-refractivity contribution in [1.82, 2.24) is 5.32 Å². The van der Waals surface area contributed by atoms with E-state index < -0.39 is 11.9 Å². The number of aliphatic carboxylic acids is 2. The number of rotatable bonds is 0. The Morgan fingerprint density at radius 2 is 1.59 bits per heavy atom. The van der Waals surface area contributed by atoms with Crippen molar-refractivity contribution in [3.8, 4) is 0 Å². The molecule has 1 aliphatic carbocycles. The van der Waals surface area contributed by atoms with E-state index >= 15 is 0 Å². The molecule has 98 valence electrons. The van der Waals surface area contributed by atoms with E-state index in [0.717, 1.165) is 11.8 Å². The van der Waals surface area contributed by atoms with Gasteiger partial charge in [-0.15, -0.1) is 0 Å². The topological polar surface area (TPSA) is 86.6 Å². The Bertz CT molecular complexity index is 273. The molecule has 3 N–H and O–H groups in total. The lowest BCUT2D eigenvalue weighted by Gasteiger charge is -2.23. The fourth-order valence-corrected chi connectivity index (χ4v) is 2.94. The van der Waals surface area contributed by atoms with Crippen LogP contribution in [-0.4, -0.2) is 34.2 Å². The highest BCUT2D eigenvalue weighted by molar-refractivity contribution is 6.27. The smallest absolute Gasteiger partial charge is 0.414 e. The van der Waals surface area contributed by atoms with Crippen LogP contribution < -0.4 is 5.32 Å². The Labute approximate surface area is 101 Å². The maximum atomic E-state index is 9.10. The van der Waals surface area contributed by atoms with Crippen LogP contribution in [0.2, 0.25) is 0 Å². The van der Waals surface area contributed by atoms with Gasteiger partial charge in [-0.2, -0.15) is 0 Å². The van der Waals surface area contributed by atoms with Gasteiger partial charge in [-0.05, 0) is 44.1 Å². The minimum atomic E-state index is -1.82. The van der Waals surface area contributed by atoms with Crippen LogP contribution in [0.5, 0.6) is 0 Å². The third-order valence-corrected chi connectivity index (χ3v) is 3.91. The van der Waals surface area contributed by atoms with Gasteiger partial charge in [0, 0.05) is 5.54 Å². The van der Waals surface area contributed by atoms with E-state index in [1.54, 1.807) is 0 Å². The van der Waals surface area contributed by atoms with Crippen molar-refractivity contribution in [1.29, 1.82) is 0 Å². The molecule has 0 unspecified atom stereocenters. The van der Waals surface area contributed by atoms with Gasteiger partial charge in [-0.25, -0.2) is 9.59 Å². The molecule has 1 spiro atoms. The van der Waals surface area contributed by atoms with Crippen LogP contribution in [0.3, 0.4) is 0 Å². The zero-order chi connectivity index (χ0) is 13.1. The quantitative estimate of drug-likeness (QED) is 0.559. The number of carboxylic acid groups (broad SMARTS) is 2. The van der Waals surface area contributed by atoms with Crippen molar-refractivity contribution in [2.24, 2.45) is 11.8 Å². The Kier molecular flexibility index (Phi) is 4.51. The summed E-state index contributed by atoms with van der Waals surface area (Å²) in [6.07, 6.45) is 5.68. The lowest BCUT2D eigenvalue weighted by Crippen LogP contribution is -2.36. The van der Waals surface area contributed by atoms with Gasteiger partial charge >= 0.3 is 11.9 Å². The van der Waals surface area contributed by atoms with Gasteiger partial charge in [0.05, 0.1) is 0 Å². The van der Waals surface area contributed by atoms with E-state index in [1.165, 1.54) is 32.2 Å². The van der Waals surface area contributed by atoms with Crippen molar-refractivity contribution in [2.45, 2.75) is 45.1 Å². The average molecular weight is 243 g/mol. The van der Waals surface area contributed by atoms with E-state index in [9.17, 15) is 0 Å². The highest BCUT2D eigenvalue weighted by Gasteiger charge is 2.42. The molecule has 2 fully saturated rings.